The Kier molecular flexibility index (Phi) is 4.62. The molecule has 0 aliphatic rings. The fraction of sp³-hybridized carbons (Fsp3) is 0.333. The maximum atomic E-state index is 3.34. The minimum Gasteiger partial charge on any atom is -0.388 e. The SMILES string of the molecule is CCCc1c(NC)ccc(CC)c1-c1ccccc1. The number of benzene rings is 2. The van der Waals surface area contributed by atoms with Crippen LogP contribution >= 0.6 is 0 Å². The minimum absolute atomic E-state index is 1.07. The molecule has 0 aromatic heterocycles. The Morgan fingerprint density at radius 2 is 1.68 bits per heavy atom. The number of hydrogen-bond donors (Lipinski definition) is 1. The predicted molar refractivity (Wildman–Crippen MR) is 84.8 cm³/mol. The molecule has 100 valence electrons. The van der Waals surface area contributed by atoms with Gasteiger partial charge in [0, 0.05) is 12.7 Å². The predicted octanol–water partition coefficient (Wildman–Crippen LogP) is 4.91. The fourth-order valence-corrected chi connectivity index (χ4v) is 2.70. The molecule has 0 fully saturated rings. The van der Waals surface area contributed by atoms with Crippen LogP contribution in [0, 0.1) is 0 Å². The largest absolute Gasteiger partial charge is 0.388 e. The van der Waals surface area contributed by atoms with Gasteiger partial charge >= 0.3 is 0 Å². The molecule has 0 spiro atoms. The van der Waals surface area contributed by atoms with E-state index in [4.69, 9.17) is 0 Å². The normalized spacial score (nSPS) is 10.5. The highest BCUT2D eigenvalue weighted by atomic mass is 14.8. The van der Waals surface area contributed by atoms with Crippen molar-refractivity contribution in [1.29, 1.82) is 0 Å². The van der Waals surface area contributed by atoms with Gasteiger partial charge in [0.2, 0.25) is 0 Å². The molecule has 0 atom stereocenters. The van der Waals surface area contributed by atoms with Crippen molar-refractivity contribution >= 4 is 5.69 Å². The summed E-state index contributed by atoms with van der Waals surface area (Å²) in [4.78, 5) is 0. The van der Waals surface area contributed by atoms with Crippen molar-refractivity contribution in [3.05, 3.63) is 53.6 Å². The Bertz CT molecular complexity index is 529. The van der Waals surface area contributed by atoms with Crippen LogP contribution in [0.5, 0.6) is 0 Å². The van der Waals surface area contributed by atoms with Crippen LogP contribution < -0.4 is 5.32 Å². The molecule has 0 saturated carbocycles. The second kappa shape index (κ2) is 6.42. The van der Waals surface area contributed by atoms with Gasteiger partial charge in [0.25, 0.3) is 0 Å². The lowest BCUT2D eigenvalue weighted by molar-refractivity contribution is 0.920. The summed E-state index contributed by atoms with van der Waals surface area (Å²) in [6.45, 7) is 4.48. The molecule has 0 amide bonds. The molecule has 0 radical (unpaired) electrons. The van der Waals surface area contributed by atoms with E-state index >= 15 is 0 Å². The van der Waals surface area contributed by atoms with Crippen molar-refractivity contribution in [3.63, 3.8) is 0 Å². The summed E-state index contributed by atoms with van der Waals surface area (Å²) in [5.74, 6) is 0. The van der Waals surface area contributed by atoms with Crippen molar-refractivity contribution in [2.75, 3.05) is 12.4 Å². The standard InChI is InChI=1S/C18H23N/c1-4-9-16-17(19-3)13-12-14(5-2)18(16)15-10-7-6-8-11-15/h6-8,10-13,19H,4-5,9H2,1-3H3. The molecule has 19 heavy (non-hydrogen) atoms. The molecule has 0 aliphatic carbocycles. The fourth-order valence-electron chi connectivity index (χ4n) is 2.70. The van der Waals surface area contributed by atoms with Crippen LogP contribution in [0.3, 0.4) is 0 Å². The second-order valence-electron chi connectivity index (χ2n) is 4.85. The molecule has 0 aliphatic heterocycles. The quantitative estimate of drug-likeness (QED) is 0.798. The van der Waals surface area contributed by atoms with Crippen LogP contribution in [-0.2, 0) is 12.8 Å². The van der Waals surface area contributed by atoms with Crippen LogP contribution in [0.1, 0.15) is 31.4 Å². The van der Waals surface area contributed by atoms with Crippen molar-refractivity contribution in [2.24, 2.45) is 0 Å². The van der Waals surface area contributed by atoms with Crippen LogP contribution in [0.25, 0.3) is 11.1 Å². The first kappa shape index (κ1) is 13.7. The van der Waals surface area contributed by atoms with Crippen molar-refractivity contribution in [2.45, 2.75) is 33.1 Å². The van der Waals surface area contributed by atoms with E-state index in [1.165, 1.54) is 34.4 Å². The van der Waals surface area contributed by atoms with Crippen molar-refractivity contribution in [3.8, 4) is 11.1 Å². The van der Waals surface area contributed by atoms with Crippen molar-refractivity contribution in [1.82, 2.24) is 0 Å². The molecule has 1 nitrogen and oxygen atoms in total. The lowest BCUT2D eigenvalue weighted by Gasteiger charge is -2.18. The van der Waals surface area contributed by atoms with Crippen LogP contribution in [-0.4, -0.2) is 7.05 Å². The highest BCUT2D eigenvalue weighted by molar-refractivity contribution is 5.77. The molecular weight excluding hydrogens is 230 g/mol. The smallest absolute Gasteiger partial charge is 0.0376 e. The molecule has 1 heteroatoms. The number of anilines is 1. The maximum absolute atomic E-state index is 3.34. The van der Waals surface area contributed by atoms with E-state index in [1.807, 2.05) is 7.05 Å². The number of aryl methyl sites for hydroxylation is 1. The average molecular weight is 253 g/mol. The molecule has 1 N–H and O–H groups in total. The minimum atomic E-state index is 1.07. The number of hydrogen-bond acceptors (Lipinski definition) is 1. The zero-order valence-electron chi connectivity index (χ0n) is 12.2. The number of rotatable bonds is 5. The average Bonchev–Trinajstić information content (AvgIpc) is 2.48. The molecule has 0 bridgehead atoms. The van der Waals surface area contributed by atoms with Gasteiger partial charge in [-0.25, -0.2) is 0 Å². The molecular formula is C18H23N. The monoisotopic (exact) mass is 253 g/mol. The second-order valence-corrected chi connectivity index (χ2v) is 4.85. The molecule has 0 heterocycles. The first-order valence-corrected chi connectivity index (χ1v) is 7.19. The summed E-state index contributed by atoms with van der Waals surface area (Å²) < 4.78 is 0. The summed E-state index contributed by atoms with van der Waals surface area (Å²) >= 11 is 0. The zero-order chi connectivity index (χ0) is 13.7. The van der Waals surface area contributed by atoms with Gasteiger partial charge in [-0.15, -0.1) is 0 Å². The Morgan fingerprint density at radius 1 is 0.947 bits per heavy atom. The van der Waals surface area contributed by atoms with Gasteiger partial charge in [0.1, 0.15) is 0 Å². The summed E-state index contributed by atoms with van der Waals surface area (Å²) in [6.07, 6.45) is 3.36. The van der Waals surface area contributed by atoms with Crippen molar-refractivity contribution < 1.29 is 0 Å². The van der Waals surface area contributed by atoms with E-state index in [9.17, 15) is 0 Å². The summed E-state index contributed by atoms with van der Waals surface area (Å²) in [7, 11) is 2.01. The molecule has 2 aromatic rings. The van der Waals surface area contributed by atoms with E-state index in [0.29, 0.717) is 0 Å². The summed E-state index contributed by atoms with van der Waals surface area (Å²) in [6, 6.07) is 15.2. The van der Waals surface area contributed by atoms with Gasteiger partial charge in [0.15, 0.2) is 0 Å². The van der Waals surface area contributed by atoms with Gasteiger partial charge in [-0.3, -0.25) is 0 Å². The van der Waals surface area contributed by atoms with E-state index < -0.39 is 0 Å². The summed E-state index contributed by atoms with van der Waals surface area (Å²) in [5.41, 5.74) is 6.92. The molecule has 2 aromatic carbocycles. The van der Waals surface area contributed by atoms with E-state index in [-0.39, 0.29) is 0 Å². The maximum Gasteiger partial charge on any atom is 0.0376 e. The Balaban J connectivity index is 2.66. The first-order valence-electron chi connectivity index (χ1n) is 7.19. The third-order valence-electron chi connectivity index (χ3n) is 3.61. The number of nitrogens with one attached hydrogen (secondary N) is 1. The molecule has 2 rings (SSSR count). The highest BCUT2D eigenvalue weighted by Gasteiger charge is 2.12. The van der Waals surface area contributed by atoms with E-state index in [1.54, 1.807) is 0 Å². The van der Waals surface area contributed by atoms with Crippen LogP contribution in [0.2, 0.25) is 0 Å². The Labute approximate surface area is 116 Å². The highest BCUT2D eigenvalue weighted by Crippen LogP contribution is 2.34. The molecule has 0 saturated heterocycles. The lowest BCUT2D eigenvalue weighted by atomic mass is 9.90. The lowest BCUT2D eigenvalue weighted by Crippen LogP contribution is -2.01. The van der Waals surface area contributed by atoms with E-state index in [2.05, 4.69) is 61.6 Å². The van der Waals surface area contributed by atoms with E-state index in [0.717, 1.165) is 12.8 Å². The Morgan fingerprint density at radius 3 is 2.26 bits per heavy atom. The van der Waals surface area contributed by atoms with Gasteiger partial charge in [-0.2, -0.15) is 0 Å². The van der Waals surface area contributed by atoms with Gasteiger partial charge < -0.3 is 5.32 Å². The Hall–Kier alpha value is -1.76. The first-order chi connectivity index (χ1) is 9.31. The third-order valence-corrected chi connectivity index (χ3v) is 3.61. The third kappa shape index (κ3) is 2.81. The molecule has 0 unspecified atom stereocenters. The van der Waals surface area contributed by atoms with Gasteiger partial charge in [-0.1, -0.05) is 56.7 Å². The van der Waals surface area contributed by atoms with Crippen LogP contribution in [0.15, 0.2) is 42.5 Å². The van der Waals surface area contributed by atoms with Gasteiger partial charge in [0.05, 0.1) is 0 Å². The van der Waals surface area contributed by atoms with Gasteiger partial charge in [-0.05, 0) is 41.2 Å². The van der Waals surface area contributed by atoms with Crippen LogP contribution in [0.4, 0.5) is 5.69 Å². The topological polar surface area (TPSA) is 12.0 Å². The summed E-state index contributed by atoms with van der Waals surface area (Å²) in [5, 5.41) is 3.34. The zero-order valence-corrected chi connectivity index (χ0v) is 12.2.